The van der Waals surface area contributed by atoms with Gasteiger partial charge in [-0.2, -0.15) is 0 Å². The summed E-state index contributed by atoms with van der Waals surface area (Å²) in [6.07, 6.45) is 0.759. The zero-order valence-corrected chi connectivity index (χ0v) is 13.1. The molecule has 0 saturated carbocycles. The van der Waals surface area contributed by atoms with Gasteiger partial charge >= 0.3 is 6.03 Å². The van der Waals surface area contributed by atoms with E-state index in [4.69, 9.17) is 0 Å². The molecule has 23 heavy (non-hydrogen) atoms. The molecule has 1 atom stereocenters. The number of rotatable bonds is 6. The van der Waals surface area contributed by atoms with Crippen molar-refractivity contribution in [1.82, 2.24) is 10.6 Å². The summed E-state index contributed by atoms with van der Waals surface area (Å²) in [6, 6.07) is 18.0. The highest BCUT2D eigenvalue weighted by molar-refractivity contribution is 5.93. The Kier molecular flexibility index (Phi) is 6.17. The molecule has 0 bridgehead atoms. The third kappa shape index (κ3) is 5.82. The van der Waals surface area contributed by atoms with Crippen molar-refractivity contribution in [3.05, 3.63) is 66.2 Å². The largest absolute Gasteiger partial charge is 0.354 e. The highest BCUT2D eigenvalue weighted by Crippen LogP contribution is 2.04. The Hall–Kier alpha value is -2.82. The summed E-state index contributed by atoms with van der Waals surface area (Å²) in [6.45, 7) is 2.19. The lowest BCUT2D eigenvalue weighted by atomic mass is 10.1. The van der Waals surface area contributed by atoms with Gasteiger partial charge in [0.25, 0.3) is 0 Å². The van der Waals surface area contributed by atoms with E-state index < -0.39 is 12.1 Å². The van der Waals surface area contributed by atoms with Crippen molar-refractivity contribution in [3.63, 3.8) is 0 Å². The van der Waals surface area contributed by atoms with Crippen LogP contribution in [0.2, 0.25) is 0 Å². The van der Waals surface area contributed by atoms with E-state index in [2.05, 4.69) is 16.0 Å². The molecule has 5 heteroatoms. The van der Waals surface area contributed by atoms with E-state index in [0.717, 1.165) is 12.0 Å². The number of nitrogens with one attached hydrogen (secondary N) is 3. The van der Waals surface area contributed by atoms with E-state index in [1.807, 2.05) is 48.5 Å². The minimum Gasteiger partial charge on any atom is -0.354 e. The van der Waals surface area contributed by atoms with Crippen molar-refractivity contribution in [3.8, 4) is 0 Å². The number of carbonyl (C=O) groups excluding carboxylic acids is 2. The monoisotopic (exact) mass is 311 g/mol. The summed E-state index contributed by atoms with van der Waals surface area (Å²) in [4.78, 5) is 23.8. The maximum atomic E-state index is 12.0. The molecule has 2 aromatic carbocycles. The van der Waals surface area contributed by atoms with Gasteiger partial charge in [-0.3, -0.25) is 4.79 Å². The third-order valence-electron chi connectivity index (χ3n) is 3.33. The standard InChI is InChI=1S/C18H21N3O2/c1-14(20-18(23)21-16-10-6-3-7-11-16)17(22)19-13-12-15-8-4-2-5-9-15/h2-11,14H,12-13H2,1H3,(H,19,22)(H2,20,21,23). The van der Waals surface area contributed by atoms with Crippen LogP contribution >= 0.6 is 0 Å². The van der Waals surface area contributed by atoms with Crippen molar-refractivity contribution in [2.75, 3.05) is 11.9 Å². The van der Waals surface area contributed by atoms with Gasteiger partial charge in [0.2, 0.25) is 5.91 Å². The second kappa shape index (κ2) is 8.58. The van der Waals surface area contributed by atoms with Gasteiger partial charge in [0.15, 0.2) is 0 Å². The number of urea groups is 1. The molecule has 0 saturated heterocycles. The molecule has 0 spiro atoms. The van der Waals surface area contributed by atoms with E-state index in [0.29, 0.717) is 12.2 Å². The van der Waals surface area contributed by atoms with E-state index in [1.54, 1.807) is 19.1 Å². The quantitative estimate of drug-likeness (QED) is 0.767. The van der Waals surface area contributed by atoms with Crippen LogP contribution in [0.4, 0.5) is 10.5 Å². The summed E-state index contributed by atoms with van der Waals surface area (Å²) in [5.41, 5.74) is 1.84. The van der Waals surface area contributed by atoms with E-state index in [-0.39, 0.29) is 5.91 Å². The second-order valence-corrected chi connectivity index (χ2v) is 5.21. The lowest BCUT2D eigenvalue weighted by Gasteiger charge is -2.15. The third-order valence-corrected chi connectivity index (χ3v) is 3.33. The smallest absolute Gasteiger partial charge is 0.319 e. The van der Waals surface area contributed by atoms with Gasteiger partial charge in [-0.25, -0.2) is 4.79 Å². The maximum absolute atomic E-state index is 12.0. The molecule has 5 nitrogen and oxygen atoms in total. The van der Waals surface area contributed by atoms with Crippen LogP contribution in [0, 0.1) is 0 Å². The maximum Gasteiger partial charge on any atom is 0.319 e. The first-order chi connectivity index (χ1) is 11.1. The zero-order chi connectivity index (χ0) is 16.5. The summed E-state index contributed by atoms with van der Waals surface area (Å²) in [5, 5.41) is 8.11. The fourth-order valence-electron chi connectivity index (χ4n) is 2.08. The average Bonchev–Trinajstić information content (AvgIpc) is 2.56. The molecule has 1 unspecified atom stereocenters. The van der Waals surface area contributed by atoms with E-state index in [9.17, 15) is 9.59 Å². The first-order valence-electron chi connectivity index (χ1n) is 7.59. The Morgan fingerprint density at radius 3 is 2.22 bits per heavy atom. The van der Waals surface area contributed by atoms with Crippen molar-refractivity contribution >= 4 is 17.6 Å². The summed E-state index contributed by atoms with van der Waals surface area (Å²) < 4.78 is 0. The molecule has 3 N–H and O–H groups in total. The number of amides is 3. The second-order valence-electron chi connectivity index (χ2n) is 5.21. The van der Waals surface area contributed by atoms with Gasteiger partial charge in [0.1, 0.15) is 6.04 Å². The Morgan fingerprint density at radius 1 is 0.957 bits per heavy atom. The van der Waals surface area contributed by atoms with Crippen LogP contribution in [0.15, 0.2) is 60.7 Å². The van der Waals surface area contributed by atoms with Crippen LogP contribution in [0.5, 0.6) is 0 Å². The molecule has 0 aliphatic carbocycles. The molecule has 0 aromatic heterocycles. The number of hydrogen-bond donors (Lipinski definition) is 3. The Morgan fingerprint density at radius 2 is 1.57 bits per heavy atom. The molecule has 0 aliphatic heterocycles. The first kappa shape index (κ1) is 16.5. The molecule has 0 heterocycles. The molecule has 2 aromatic rings. The van der Waals surface area contributed by atoms with Crippen LogP contribution in [-0.2, 0) is 11.2 Å². The summed E-state index contributed by atoms with van der Waals surface area (Å²) in [5.74, 6) is -0.204. The summed E-state index contributed by atoms with van der Waals surface area (Å²) >= 11 is 0. The molecule has 120 valence electrons. The lowest BCUT2D eigenvalue weighted by Crippen LogP contribution is -2.46. The normalized spacial score (nSPS) is 11.3. The fraction of sp³-hybridized carbons (Fsp3) is 0.222. The van der Waals surface area contributed by atoms with Gasteiger partial charge in [-0.05, 0) is 31.0 Å². The Labute approximate surface area is 136 Å². The van der Waals surface area contributed by atoms with Crippen LogP contribution in [-0.4, -0.2) is 24.5 Å². The molecule has 2 rings (SSSR count). The van der Waals surface area contributed by atoms with Crippen molar-refractivity contribution in [2.45, 2.75) is 19.4 Å². The van der Waals surface area contributed by atoms with Crippen molar-refractivity contribution in [2.24, 2.45) is 0 Å². The minimum atomic E-state index is -0.602. The molecular formula is C18H21N3O2. The van der Waals surface area contributed by atoms with Gasteiger partial charge in [0.05, 0.1) is 0 Å². The molecule has 0 aliphatic rings. The van der Waals surface area contributed by atoms with Gasteiger partial charge < -0.3 is 16.0 Å². The predicted molar refractivity (Wildman–Crippen MR) is 91.2 cm³/mol. The Balaban J connectivity index is 1.71. The predicted octanol–water partition coefficient (Wildman–Crippen LogP) is 2.56. The van der Waals surface area contributed by atoms with Gasteiger partial charge in [0, 0.05) is 12.2 Å². The average molecular weight is 311 g/mol. The van der Waals surface area contributed by atoms with Crippen molar-refractivity contribution in [1.29, 1.82) is 0 Å². The van der Waals surface area contributed by atoms with Gasteiger partial charge in [-0.1, -0.05) is 48.5 Å². The molecular weight excluding hydrogens is 290 g/mol. The topological polar surface area (TPSA) is 70.2 Å². The van der Waals surface area contributed by atoms with Crippen molar-refractivity contribution < 1.29 is 9.59 Å². The lowest BCUT2D eigenvalue weighted by molar-refractivity contribution is -0.122. The van der Waals surface area contributed by atoms with Crippen LogP contribution in [0.25, 0.3) is 0 Å². The van der Waals surface area contributed by atoms with Gasteiger partial charge in [-0.15, -0.1) is 0 Å². The minimum absolute atomic E-state index is 0.204. The van der Waals surface area contributed by atoms with Crippen LogP contribution in [0.3, 0.4) is 0 Å². The summed E-state index contributed by atoms with van der Waals surface area (Å²) in [7, 11) is 0. The Bertz CT molecular complexity index is 629. The van der Waals surface area contributed by atoms with Crippen LogP contribution in [0.1, 0.15) is 12.5 Å². The van der Waals surface area contributed by atoms with E-state index in [1.165, 1.54) is 0 Å². The number of hydrogen-bond acceptors (Lipinski definition) is 2. The SMILES string of the molecule is CC(NC(=O)Nc1ccccc1)C(=O)NCCc1ccccc1. The molecule has 0 radical (unpaired) electrons. The van der Waals surface area contributed by atoms with Crippen LogP contribution < -0.4 is 16.0 Å². The number of benzene rings is 2. The highest BCUT2D eigenvalue weighted by atomic mass is 16.2. The molecule has 0 fully saturated rings. The number of para-hydroxylation sites is 1. The zero-order valence-electron chi connectivity index (χ0n) is 13.1. The highest BCUT2D eigenvalue weighted by Gasteiger charge is 2.14. The molecule has 3 amide bonds. The number of anilines is 1. The fourth-order valence-corrected chi connectivity index (χ4v) is 2.08. The first-order valence-corrected chi connectivity index (χ1v) is 7.59. The number of carbonyl (C=O) groups is 2. The van der Waals surface area contributed by atoms with E-state index >= 15 is 0 Å².